The van der Waals surface area contributed by atoms with Crippen LogP contribution in [0.5, 0.6) is 0 Å². The molecule has 1 rings (SSSR count). The third kappa shape index (κ3) is 2.50. The lowest BCUT2D eigenvalue weighted by molar-refractivity contribution is -0.119. The van der Waals surface area contributed by atoms with Crippen LogP contribution in [0.25, 0.3) is 0 Å². The van der Waals surface area contributed by atoms with E-state index in [1.54, 1.807) is 0 Å². The zero-order valence-corrected chi connectivity index (χ0v) is 9.74. The van der Waals surface area contributed by atoms with Gasteiger partial charge in [-0.3, -0.25) is 14.9 Å². The van der Waals surface area contributed by atoms with Crippen molar-refractivity contribution < 1.29 is 9.59 Å². The van der Waals surface area contributed by atoms with Crippen LogP contribution in [0, 0.1) is 5.41 Å². The average molecular weight is 215 g/mol. The number of carbonyl (C=O) groups excluding carboxylic acids is 2. The number of imide groups is 1. The molecule has 2 amide bonds. The van der Waals surface area contributed by atoms with Gasteiger partial charge in [0.05, 0.1) is 5.25 Å². The lowest BCUT2D eigenvalue weighted by Gasteiger charge is -2.28. The summed E-state index contributed by atoms with van der Waals surface area (Å²) in [6.45, 7) is 6.43. The van der Waals surface area contributed by atoms with E-state index < -0.39 is 0 Å². The molecule has 1 fully saturated rings. The first-order chi connectivity index (χ1) is 6.50. The Morgan fingerprint density at radius 2 is 1.93 bits per heavy atom. The van der Waals surface area contributed by atoms with Crippen molar-refractivity contribution in [3.63, 3.8) is 0 Å². The molecule has 0 aliphatic carbocycles. The fraction of sp³-hybridized carbons (Fsp3) is 0.800. The van der Waals surface area contributed by atoms with Crippen LogP contribution in [0.2, 0.25) is 0 Å². The predicted molar refractivity (Wildman–Crippen MR) is 58.2 cm³/mol. The van der Waals surface area contributed by atoms with Gasteiger partial charge in [-0.25, -0.2) is 0 Å². The number of amides is 2. The van der Waals surface area contributed by atoms with Crippen molar-refractivity contribution in [2.45, 2.75) is 45.3 Å². The monoisotopic (exact) mass is 215 g/mol. The van der Waals surface area contributed by atoms with Gasteiger partial charge in [-0.05, 0) is 11.8 Å². The van der Waals surface area contributed by atoms with Crippen LogP contribution in [-0.4, -0.2) is 16.4 Å². The van der Waals surface area contributed by atoms with E-state index in [-0.39, 0.29) is 21.8 Å². The molecule has 1 unspecified atom stereocenters. The van der Waals surface area contributed by atoms with Crippen LogP contribution in [-0.2, 0) is 4.79 Å². The Balaban J connectivity index is 2.59. The molecule has 0 aromatic rings. The molecule has 1 atom stereocenters. The second kappa shape index (κ2) is 4.34. The summed E-state index contributed by atoms with van der Waals surface area (Å²) < 4.78 is 0. The maximum atomic E-state index is 11.3. The van der Waals surface area contributed by atoms with Gasteiger partial charge in [0.1, 0.15) is 0 Å². The maximum Gasteiger partial charge on any atom is 0.286 e. The highest BCUT2D eigenvalue weighted by Gasteiger charge is 2.36. The van der Waals surface area contributed by atoms with E-state index in [2.05, 4.69) is 26.1 Å². The first-order valence-corrected chi connectivity index (χ1v) is 5.90. The van der Waals surface area contributed by atoms with E-state index in [4.69, 9.17) is 0 Å². The molecule has 1 N–H and O–H groups in total. The van der Waals surface area contributed by atoms with E-state index in [1.165, 1.54) is 0 Å². The minimum absolute atomic E-state index is 0.117. The lowest BCUT2D eigenvalue weighted by Crippen LogP contribution is -2.29. The zero-order chi connectivity index (χ0) is 10.8. The first kappa shape index (κ1) is 11.6. The van der Waals surface area contributed by atoms with Crippen LogP contribution in [0.1, 0.15) is 40.0 Å². The number of rotatable bonds is 4. The summed E-state index contributed by atoms with van der Waals surface area (Å²) in [6, 6.07) is 0. The van der Waals surface area contributed by atoms with Crippen LogP contribution in [0.15, 0.2) is 0 Å². The minimum Gasteiger partial charge on any atom is -0.286 e. The van der Waals surface area contributed by atoms with Gasteiger partial charge in [-0.2, -0.15) is 0 Å². The summed E-state index contributed by atoms with van der Waals surface area (Å²) in [5.41, 5.74) is 0.180. The molecular weight excluding hydrogens is 198 g/mol. The highest BCUT2D eigenvalue weighted by molar-refractivity contribution is 8.15. The molecule has 1 aliphatic heterocycles. The molecule has 3 nitrogen and oxygen atoms in total. The third-order valence-electron chi connectivity index (χ3n) is 3.15. The van der Waals surface area contributed by atoms with E-state index in [0.717, 1.165) is 31.0 Å². The molecular formula is C10H17NO2S. The van der Waals surface area contributed by atoms with Crippen molar-refractivity contribution in [2.75, 3.05) is 0 Å². The van der Waals surface area contributed by atoms with Crippen molar-refractivity contribution in [2.24, 2.45) is 5.41 Å². The van der Waals surface area contributed by atoms with Crippen molar-refractivity contribution in [3.8, 4) is 0 Å². The Labute approximate surface area is 89.0 Å². The van der Waals surface area contributed by atoms with Gasteiger partial charge < -0.3 is 0 Å². The highest BCUT2D eigenvalue weighted by Crippen LogP contribution is 2.36. The molecule has 4 heteroatoms. The number of hydrogen-bond donors (Lipinski definition) is 1. The van der Waals surface area contributed by atoms with Gasteiger partial charge in [-0.15, -0.1) is 0 Å². The van der Waals surface area contributed by atoms with Crippen LogP contribution >= 0.6 is 11.8 Å². The van der Waals surface area contributed by atoms with Crippen LogP contribution in [0.3, 0.4) is 0 Å². The molecule has 1 saturated heterocycles. The van der Waals surface area contributed by atoms with Crippen molar-refractivity contribution in [1.29, 1.82) is 0 Å². The van der Waals surface area contributed by atoms with E-state index >= 15 is 0 Å². The van der Waals surface area contributed by atoms with Crippen LogP contribution in [0.4, 0.5) is 4.79 Å². The summed E-state index contributed by atoms with van der Waals surface area (Å²) in [7, 11) is 0. The largest absolute Gasteiger partial charge is 0.286 e. The van der Waals surface area contributed by atoms with Gasteiger partial charge in [-0.1, -0.05) is 45.4 Å². The Morgan fingerprint density at radius 3 is 2.29 bits per heavy atom. The summed E-state index contributed by atoms with van der Waals surface area (Å²) in [6.07, 6.45) is 2.88. The normalized spacial score (nSPS) is 22.6. The smallest absolute Gasteiger partial charge is 0.286 e. The SMILES string of the molecule is CCC(C)(CC)CC1SC(=O)NC1=O. The van der Waals surface area contributed by atoms with E-state index in [1.807, 2.05) is 0 Å². The summed E-state index contributed by atoms with van der Waals surface area (Å²) in [5, 5.41) is 1.95. The lowest BCUT2D eigenvalue weighted by atomic mass is 9.80. The first-order valence-electron chi connectivity index (χ1n) is 5.02. The molecule has 80 valence electrons. The van der Waals surface area contributed by atoms with E-state index in [0.29, 0.717) is 0 Å². The number of hydrogen-bond acceptors (Lipinski definition) is 3. The Kier molecular flexibility index (Phi) is 3.59. The van der Waals surface area contributed by atoms with Gasteiger partial charge in [0.25, 0.3) is 5.24 Å². The third-order valence-corrected chi connectivity index (χ3v) is 4.13. The standard InChI is InChI=1S/C10H17NO2S/c1-4-10(3,5-2)6-7-8(12)11-9(13)14-7/h7H,4-6H2,1-3H3,(H,11,12,13). The van der Waals surface area contributed by atoms with E-state index in [9.17, 15) is 9.59 Å². The minimum atomic E-state index is -0.199. The quantitative estimate of drug-likeness (QED) is 0.784. The molecule has 14 heavy (non-hydrogen) atoms. The predicted octanol–water partition coefficient (Wildman–Crippen LogP) is 2.55. The Hall–Kier alpha value is -0.510. The summed E-state index contributed by atoms with van der Waals surface area (Å²) >= 11 is 1.13. The second-order valence-electron chi connectivity index (χ2n) is 4.11. The van der Waals surface area contributed by atoms with Crippen molar-refractivity contribution in [1.82, 2.24) is 5.32 Å². The van der Waals surface area contributed by atoms with Gasteiger partial charge >= 0.3 is 0 Å². The average Bonchev–Trinajstić information content (AvgIpc) is 2.45. The van der Waals surface area contributed by atoms with Gasteiger partial charge in [0, 0.05) is 0 Å². The molecule has 1 aliphatic rings. The highest BCUT2D eigenvalue weighted by atomic mass is 32.2. The van der Waals surface area contributed by atoms with Gasteiger partial charge in [0.2, 0.25) is 5.91 Å². The number of nitrogens with one attached hydrogen (secondary N) is 1. The molecule has 0 radical (unpaired) electrons. The molecule has 0 bridgehead atoms. The molecule has 0 aromatic heterocycles. The molecule has 0 aromatic carbocycles. The number of thioether (sulfide) groups is 1. The van der Waals surface area contributed by atoms with Crippen molar-refractivity contribution in [3.05, 3.63) is 0 Å². The fourth-order valence-electron chi connectivity index (χ4n) is 1.51. The van der Waals surface area contributed by atoms with Gasteiger partial charge in [0.15, 0.2) is 0 Å². The maximum absolute atomic E-state index is 11.3. The molecule has 0 saturated carbocycles. The Morgan fingerprint density at radius 1 is 1.36 bits per heavy atom. The molecule has 1 heterocycles. The second-order valence-corrected chi connectivity index (χ2v) is 5.28. The van der Waals surface area contributed by atoms with Crippen molar-refractivity contribution >= 4 is 22.9 Å². The topological polar surface area (TPSA) is 46.2 Å². The van der Waals surface area contributed by atoms with Crippen LogP contribution < -0.4 is 5.32 Å². The fourth-order valence-corrected chi connectivity index (χ4v) is 2.58. The zero-order valence-electron chi connectivity index (χ0n) is 8.92. The Bertz CT molecular complexity index is 249. The number of carbonyl (C=O) groups is 2. The molecule has 0 spiro atoms. The summed E-state index contributed by atoms with van der Waals surface area (Å²) in [5.74, 6) is -0.117. The summed E-state index contributed by atoms with van der Waals surface area (Å²) in [4.78, 5) is 22.3.